The topological polar surface area (TPSA) is 99.0 Å². The smallest absolute Gasteiger partial charge is 0.162 e. The minimum atomic E-state index is -4.66. The van der Waals surface area contributed by atoms with Gasteiger partial charge in [-0.2, -0.15) is 0 Å². The van der Waals surface area contributed by atoms with Gasteiger partial charge in [-0.05, 0) is 36.4 Å². The highest BCUT2D eigenvalue weighted by Gasteiger charge is 2.14. The third kappa shape index (κ3) is 3.09. The molecule has 0 radical (unpaired) electrons. The molecule has 1 atom stereocenters. The third-order valence-electron chi connectivity index (χ3n) is 2.99. The summed E-state index contributed by atoms with van der Waals surface area (Å²) in [4.78, 5) is 33.6. The molecular weight excluding hydrogens is 301 g/mol. The Labute approximate surface area is 126 Å². The predicted octanol–water partition coefficient (Wildman–Crippen LogP) is 1.38. The monoisotopic (exact) mass is 312 g/mol. The summed E-state index contributed by atoms with van der Waals surface area (Å²) in [6, 6.07) is 13.0. The Balaban J connectivity index is 2.21. The number of hydrogen-bond acceptors (Lipinski definition) is 5. The summed E-state index contributed by atoms with van der Waals surface area (Å²) < 4.78 is 11.5. The predicted molar refractivity (Wildman–Crippen MR) is 80.2 cm³/mol. The number of aromatic nitrogens is 3. The van der Waals surface area contributed by atoms with Crippen LogP contribution in [-0.4, -0.2) is 19.8 Å². The standard InChI is InChI=1S/C15H12N3O3P/c19-22(20,21)11-9-14(12-5-1-3-7-16-12)18-15(10-11)13-6-2-4-8-17-13/h1-10H,(H2,19,20,21)/p-1. The molecule has 7 heteroatoms. The largest absolute Gasteiger partial charge is 0.775 e. The van der Waals surface area contributed by atoms with Gasteiger partial charge in [0.05, 0.1) is 22.8 Å². The van der Waals surface area contributed by atoms with Gasteiger partial charge in [0.2, 0.25) is 0 Å². The molecule has 0 fully saturated rings. The van der Waals surface area contributed by atoms with Gasteiger partial charge in [-0.15, -0.1) is 0 Å². The van der Waals surface area contributed by atoms with Crippen molar-refractivity contribution < 1.29 is 14.4 Å². The van der Waals surface area contributed by atoms with Gasteiger partial charge < -0.3 is 14.4 Å². The number of hydrogen-bond donors (Lipinski definition) is 1. The van der Waals surface area contributed by atoms with Crippen molar-refractivity contribution in [1.82, 2.24) is 15.0 Å². The molecule has 0 saturated heterocycles. The maximum atomic E-state index is 11.5. The molecule has 6 nitrogen and oxygen atoms in total. The summed E-state index contributed by atoms with van der Waals surface area (Å²) in [6.07, 6.45) is 3.17. The Bertz CT molecular complexity index is 777. The van der Waals surface area contributed by atoms with Crippen LogP contribution in [0.15, 0.2) is 60.9 Å². The lowest BCUT2D eigenvalue weighted by Gasteiger charge is -2.17. The summed E-state index contributed by atoms with van der Waals surface area (Å²) in [6.45, 7) is 0. The Kier molecular flexibility index (Phi) is 3.81. The van der Waals surface area contributed by atoms with Crippen LogP contribution < -0.4 is 10.2 Å². The second-order valence-electron chi connectivity index (χ2n) is 4.55. The maximum Gasteiger partial charge on any atom is 0.162 e. The maximum absolute atomic E-state index is 11.5. The van der Waals surface area contributed by atoms with Gasteiger partial charge in [0, 0.05) is 17.7 Å². The molecular formula is C15H11N3O3P-. The van der Waals surface area contributed by atoms with Crippen LogP contribution in [0.3, 0.4) is 0 Å². The van der Waals surface area contributed by atoms with E-state index in [1.165, 1.54) is 12.1 Å². The number of nitrogens with zero attached hydrogens (tertiary/aromatic N) is 3. The van der Waals surface area contributed by atoms with Crippen LogP contribution in [0.1, 0.15) is 0 Å². The molecule has 110 valence electrons. The summed E-state index contributed by atoms with van der Waals surface area (Å²) in [5.74, 6) is 0. The average Bonchev–Trinajstić information content (AvgIpc) is 2.55. The minimum absolute atomic E-state index is 0.219. The number of pyridine rings is 3. The van der Waals surface area contributed by atoms with E-state index in [4.69, 9.17) is 0 Å². The third-order valence-corrected chi connectivity index (χ3v) is 3.90. The Hall–Kier alpha value is -2.40. The van der Waals surface area contributed by atoms with E-state index >= 15 is 0 Å². The van der Waals surface area contributed by atoms with Gasteiger partial charge in [-0.3, -0.25) is 9.97 Å². The quantitative estimate of drug-likeness (QED) is 0.733. The van der Waals surface area contributed by atoms with Gasteiger partial charge >= 0.3 is 0 Å². The van der Waals surface area contributed by atoms with E-state index in [9.17, 15) is 14.4 Å². The zero-order valence-electron chi connectivity index (χ0n) is 11.3. The highest BCUT2D eigenvalue weighted by atomic mass is 31.2. The Morgan fingerprint density at radius 3 is 1.73 bits per heavy atom. The molecule has 3 heterocycles. The molecule has 0 aromatic carbocycles. The van der Waals surface area contributed by atoms with E-state index in [0.29, 0.717) is 22.8 Å². The first-order valence-corrected chi connectivity index (χ1v) is 8.01. The zero-order chi connectivity index (χ0) is 15.6. The average molecular weight is 312 g/mol. The van der Waals surface area contributed by atoms with E-state index in [1.54, 1.807) is 48.8 Å². The molecule has 0 amide bonds. The van der Waals surface area contributed by atoms with Crippen molar-refractivity contribution in [3.63, 3.8) is 0 Å². The van der Waals surface area contributed by atoms with Crippen LogP contribution >= 0.6 is 7.60 Å². The molecule has 0 saturated carbocycles. The van der Waals surface area contributed by atoms with Crippen LogP contribution in [0.25, 0.3) is 22.8 Å². The van der Waals surface area contributed by atoms with E-state index in [-0.39, 0.29) is 5.30 Å². The van der Waals surface area contributed by atoms with Crippen LogP contribution in [-0.2, 0) is 4.57 Å². The molecule has 0 spiro atoms. The molecule has 3 aromatic rings. The molecule has 0 aliphatic heterocycles. The minimum Gasteiger partial charge on any atom is -0.775 e. The fourth-order valence-corrected chi connectivity index (χ4v) is 2.54. The zero-order valence-corrected chi connectivity index (χ0v) is 12.2. The van der Waals surface area contributed by atoms with Gasteiger partial charge in [0.25, 0.3) is 0 Å². The first-order valence-electron chi connectivity index (χ1n) is 6.43. The fourth-order valence-electron chi connectivity index (χ4n) is 1.97. The molecule has 3 rings (SSSR count). The molecule has 3 aromatic heterocycles. The van der Waals surface area contributed by atoms with Crippen molar-refractivity contribution in [2.45, 2.75) is 0 Å². The van der Waals surface area contributed by atoms with Crippen molar-refractivity contribution >= 4 is 12.9 Å². The first kappa shape index (κ1) is 14.5. The summed E-state index contributed by atoms with van der Waals surface area (Å²) >= 11 is 0. The second kappa shape index (κ2) is 5.77. The van der Waals surface area contributed by atoms with Crippen molar-refractivity contribution in [1.29, 1.82) is 0 Å². The van der Waals surface area contributed by atoms with Crippen molar-refractivity contribution in [3.8, 4) is 22.8 Å². The van der Waals surface area contributed by atoms with Gasteiger partial charge in [0.1, 0.15) is 0 Å². The normalized spacial score (nSPS) is 13.5. The Morgan fingerprint density at radius 2 is 1.36 bits per heavy atom. The van der Waals surface area contributed by atoms with E-state index in [0.717, 1.165) is 0 Å². The van der Waals surface area contributed by atoms with Crippen LogP contribution in [0.4, 0.5) is 0 Å². The van der Waals surface area contributed by atoms with E-state index in [2.05, 4.69) is 15.0 Å². The lowest BCUT2D eigenvalue weighted by molar-refractivity contribution is -0.188. The van der Waals surface area contributed by atoms with E-state index in [1.807, 2.05) is 0 Å². The van der Waals surface area contributed by atoms with Crippen molar-refractivity contribution in [2.24, 2.45) is 0 Å². The summed E-state index contributed by atoms with van der Waals surface area (Å²) in [5.41, 5.74) is 1.72. The van der Waals surface area contributed by atoms with Crippen LogP contribution in [0.5, 0.6) is 0 Å². The first-order chi connectivity index (χ1) is 10.5. The molecule has 0 aliphatic carbocycles. The lowest BCUT2D eigenvalue weighted by atomic mass is 10.2. The SMILES string of the molecule is O=P([O-])(O)c1cc(-c2ccccn2)nc(-c2ccccn2)c1. The molecule has 0 bridgehead atoms. The fraction of sp³-hybridized carbons (Fsp3) is 0. The molecule has 1 unspecified atom stereocenters. The van der Waals surface area contributed by atoms with Gasteiger partial charge in [0.15, 0.2) is 7.60 Å². The molecule has 1 N–H and O–H groups in total. The molecule has 22 heavy (non-hydrogen) atoms. The highest BCUT2D eigenvalue weighted by molar-refractivity contribution is 7.58. The van der Waals surface area contributed by atoms with Crippen LogP contribution in [0, 0.1) is 0 Å². The Morgan fingerprint density at radius 1 is 0.864 bits per heavy atom. The van der Waals surface area contributed by atoms with Crippen LogP contribution in [0.2, 0.25) is 0 Å². The highest BCUT2D eigenvalue weighted by Crippen LogP contribution is 2.31. The van der Waals surface area contributed by atoms with E-state index < -0.39 is 7.60 Å². The summed E-state index contributed by atoms with van der Waals surface area (Å²) in [7, 11) is -4.66. The van der Waals surface area contributed by atoms with Crippen molar-refractivity contribution in [3.05, 3.63) is 60.9 Å². The van der Waals surface area contributed by atoms with Crippen molar-refractivity contribution in [2.75, 3.05) is 0 Å². The van der Waals surface area contributed by atoms with Gasteiger partial charge in [-0.25, -0.2) is 4.98 Å². The lowest BCUT2D eigenvalue weighted by Crippen LogP contribution is -2.16. The second-order valence-corrected chi connectivity index (χ2v) is 6.10. The van der Waals surface area contributed by atoms with Gasteiger partial charge in [-0.1, -0.05) is 12.1 Å². The molecule has 0 aliphatic rings. The number of rotatable bonds is 3. The summed E-state index contributed by atoms with van der Waals surface area (Å²) in [5, 5.41) is -0.219.